The number of hydrogen-bond donors (Lipinski definition) is 1. The molecule has 7 nitrogen and oxygen atoms in total. The largest absolute Gasteiger partial charge is 0.463 e. The number of hydrogen-bond acceptors (Lipinski definition) is 5. The van der Waals surface area contributed by atoms with Gasteiger partial charge in [-0.25, -0.2) is 14.5 Å². The van der Waals surface area contributed by atoms with Gasteiger partial charge < -0.3 is 10.1 Å². The Bertz CT molecular complexity index is 442. The smallest absolute Gasteiger partial charge is 0.377 e. The van der Waals surface area contributed by atoms with Gasteiger partial charge in [0.2, 0.25) is 5.91 Å². The predicted octanol–water partition coefficient (Wildman–Crippen LogP) is 0.788. The van der Waals surface area contributed by atoms with E-state index in [0.29, 0.717) is 12.5 Å². The number of carbonyl (C=O) groups excluding carboxylic acids is 2. The SMILES string of the molecule is COC(=O)c1ncn(C(C)C(=O)NCCC(C)C)n1. The lowest BCUT2D eigenvalue weighted by atomic mass is 10.1. The predicted molar refractivity (Wildman–Crippen MR) is 68.5 cm³/mol. The van der Waals surface area contributed by atoms with E-state index >= 15 is 0 Å². The molecule has 0 aromatic carbocycles. The second kappa shape index (κ2) is 6.86. The lowest BCUT2D eigenvalue weighted by molar-refractivity contribution is -0.124. The zero-order valence-electron chi connectivity index (χ0n) is 11.7. The molecule has 0 bridgehead atoms. The summed E-state index contributed by atoms with van der Waals surface area (Å²) in [5.74, 6) is -0.287. The number of esters is 1. The molecule has 1 atom stereocenters. The summed E-state index contributed by atoms with van der Waals surface area (Å²) in [4.78, 5) is 26.9. The van der Waals surface area contributed by atoms with E-state index < -0.39 is 12.0 Å². The van der Waals surface area contributed by atoms with E-state index in [1.807, 2.05) is 0 Å². The van der Waals surface area contributed by atoms with Crippen molar-refractivity contribution in [3.63, 3.8) is 0 Å². The number of ether oxygens (including phenoxy) is 1. The van der Waals surface area contributed by atoms with E-state index in [2.05, 4.69) is 34.0 Å². The minimum atomic E-state index is -0.619. The van der Waals surface area contributed by atoms with E-state index in [0.717, 1.165) is 6.42 Å². The Morgan fingerprint density at radius 2 is 2.11 bits per heavy atom. The van der Waals surface area contributed by atoms with Crippen molar-refractivity contribution in [2.45, 2.75) is 33.2 Å². The van der Waals surface area contributed by atoms with Crippen molar-refractivity contribution in [1.82, 2.24) is 20.1 Å². The van der Waals surface area contributed by atoms with Gasteiger partial charge >= 0.3 is 5.97 Å². The second-order valence-electron chi connectivity index (χ2n) is 4.69. The summed E-state index contributed by atoms with van der Waals surface area (Å²) in [5.41, 5.74) is 0. The highest BCUT2D eigenvalue weighted by molar-refractivity contribution is 5.85. The second-order valence-corrected chi connectivity index (χ2v) is 4.69. The van der Waals surface area contributed by atoms with Gasteiger partial charge in [0, 0.05) is 6.54 Å². The average Bonchev–Trinajstić information content (AvgIpc) is 2.85. The van der Waals surface area contributed by atoms with Crippen molar-refractivity contribution in [2.75, 3.05) is 13.7 Å². The van der Waals surface area contributed by atoms with E-state index in [1.165, 1.54) is 18.1 Å². The van der Waals surface area contributed by atoms with Crippen LogP contribution in [-0.4, -0.2) is 40.3 Å². The lowest BCUT2D eigenvalue weighted by Crippen LogP contribution is -2.32. The quantitative estimate of drug-likeness (QED) is 0.771. The van der Waals surface area contributed by atoms with Crippen LogP contribution in [0.15, 0.2) is 6.33 Å². The van der Waals surface area contributed by atoms with Crippen molar-refractivity contribution >= 4 is 11.9 Å². The first-order valence-corrected chi connectivity index (χ1v) is 6.22. The number of aromatic nitrogens is 3. The van der Waals surface area contributed by atoms with Gasteiger partial charge in [-0.05, 0) is 19.3 Å². The van der Waals surface area contributed by atoms with Crippen molar-refractivity contribution in [3.8, 4) is 0 Å². The van der Waals surface area contributed by atoms with Crippen LogP contribution in [0.4, 0.5) is 0 Å². The first-order chi connectivity index (χ1) is 8.95. The molecule has 19 heavy (non-hydrogen) atoms. The minimum Gasteiger partial charge on any atom is -0.463 e. The summed E-state index contributed by atoms with van der Waals surface area (Å²) >= 11 is 0. The molecule has 0 fully saturated rings. The summed E-state index contributed by atoms with van der Waals surface area (Å²) in [5, 5.41) is 6.74. The lowest BCUT2D eigenvalue weighted by Gasteiger charge is -2.12. The number of nitrogens with one attached hydrogen (secondary N) is 1. The van der Waals surface area contributed by atoms with Crippen LogP contribution in [-0.2, 0) is 9.53 Å². The maximum Gasteiger partial charge on any atom is 0.377 e. The molecule has 1 N–H and O–H groups in total. The topological polar surface area (TPSA) is 86.1 Å². The number of nitrogens with zero attached hydrogens (tertiary/aromatic N) is 3. The van der Waals surface area contributed by atoms with Crippen LogP contribution < -0.4 is 5.32 Å². The minimum absolute atomic E-state index is 0.0515. The number of amides is 1. The fraction of sp³-hybridized carbons (Fsp3) is 0.667. The Morgan fingerprint density at radius 1 is 1.42 bits per heavy atom. The zero-order valence-corrected chi connectivity index (χ0v) is 11.7. The Balaban J connectivity index is 2.56. The molecule has 106 valence electrons. The molecule has 0 radical (unpaired) electrons. The Morgan fingerprint density at radius 3 is 2.68 bits per heavy atom. The summed E-state index contributed by atoms with van der Waals surface area (Å²) < 4.78 is 5.85. The maximum absolute atomic E-state index is 11.9. The van der Waals surface area contributed by atoms with Crippen LogP contribution in [0.3, 0.4) is 0 Å². The van der Waals surface area contributed by atoms with Gasteiger partial charge in [0.05, 0.1) is 7.11 Å². The number of methoxy groups -OCH3 is 1. The molecular weight excluding hydrogens is 248 g/mol. The summed E-state index contributed by atoms with van der Waals surface area (Å²) in [6, 6.07) is -0.516. The summed E-state index contributed by atoms with van der Waals surface area (Å²) in [6.07, 6.45) is 2.27. The van der Waals surface area contributed by atoms with Crippen molar-refractivity contribution in [2.24, 2.45) is 5.92 Å². The van der Waals surface area contributed by atoms with Crippen LogP contribution in [0.5, 0.6) is 0 Å². The van der Waals surface area contributed by atoms with E-state index in [9.17, 15) is 9.59 Å². The zero-order chi connectivity index (χ0) is 14.4. The molecule has 1 unspecified atom stereocenters. The average molecular weight is 268 g/mol. The summed E-state index contributed by atoms with van der Waals surface area (Å²) in [7, 11) is 1.26. The molecule has 0 aliphatic carbocycles. The first-order valence-electron chi connectivity index (χ1n) is 6.22. The molecule has 7 heteroatoms. The van der Waals surface area contributed by atoms with Crippen molar-refractivity contribution in [1.29, 1.82) is 0 Å². The van der Waals surface area contributed by atoms with Gasteiger partial charge in [0.1, 0.15) is 12.4 Å². The Kier molecular flexibility index (Phi) is 5.47. The molecule has 1 rings (SSSR count). The standard InChI is InChI=1S/C12H20N4O3/c1-8(2)5-6-13-11(17)9(3)16-7-14-10(15-16)12(18)19-4/h7-9H,5-6H2,1-4H3,(H,13,17). The number of carbonyl (C=O) groups is 2. The van der Waals surface area contributed by atoms with Gasteiger partial charge in [-0.2, -0.15) is 0 Å². The van der Waals surface area contributed by atoms with Crippen LogP contribution >= 0.6 is 0 Å². The van der Waals surface area contributed by atoms with Gasteiger partial charge in [0.15, 0.2) is 0 Å². The first kappa shape index (κ1) is 15.1. The third kappa shape index (κ3) is 4.35. The fourth-order valence-electron chi connectivity index (χ4n) is 1.40. The van der Waals surface area contributed by atoms with Crippen molar-refractivity contribution in [3.05, 3.63) is 12.2 Å². The van der Waals surface area contributed by atoms with Gasteiger partial charge in [-0.1, -0.05) is 13.8 Å². The molecule has 0 spiro atoms. The third-order valence-corrected chi connectivity index (χ3v) is 2.67. The highest BCUT2D eigenvalue weighted by Gasteiger charge is 2.18. The highest BCUT2D eigenvalue weighted by atomic mass is 16.5. The summed E-state index contributed by atoms with van der Waals surface area (Å²) in [6.45, 7) is 6.51. The van der Waals surface area contributed by atoms with Crippen LogP contribution in [0, 0.1) is 5.92 Å². The molecule has 0 saturated carbocycles. The monoisotopic (exact) mass is 268 g/mol. The van der Waals surface area contributed by atoms with E-state index in [-0.39, 0.29) is 11.7 Å². The van der Waals surface area contributed by atoms with Crippen LogP contribution in [0.2, 0.25) is 0 Å². The third-order valence-electron chi connectivity index (χ3n) is 2.67. The Labute approximate surface area is 112 Å². The normalized spacial score (nSPS) is 12.3. The van der Waals surface area contributed by atoms with E-state index in [1.54, 1.807) is 6.92 Å². The molecular formula is C12H20N4O3. The Hall–Kier alpha value is -1.92. The molecule has 1 aromatic heterocycles. The van der Waals surface area contributed by atoms with Gasteiger partial charge in [-0.15, -0.1) is 5.10 Å². The molecule has 1 heterocycles. The molecule has 0 saturated heterocycles. The fourth-order valence-corrected chi connectivity index (χ4v) is 1.40. The number of rotatable bonds is 6. The van der Waals surface area contributed by atoms with E-state index in [4.69, 9.17) is 0 Å². The molecule has 1 amide bonds. The van der Waals surface area contributed by atoms with Crippen LogP contribution in [0.25, 0.3) is 0 Å². The van der Waals surface area contributed by atoms with Crippen LogP contribution in [0.1, 0.15) is 43.9 Å². The highest BCUT2D eigenvalue weighted by Crippen LogP contribution is 2.05. The van der Waals surface area contributed by atoms with Gasteiger partial charge in [-0.3, -0.25) is 4.79 Å². The van der Waals surface area contributed by atoms with Crippen molar-refractivity contribution < 1.29 is 14.3 Å². The molecule has 1 aromatic rings. The van der Waals surface area contributed by atoms with Gasteiger partial charge in [0.25, 0.3) is 5.82 Å². The maximum atomic E-state index is 11.9. The molecule has 0 aliphatic rings. The molecule has 0 aliphatic heterocycles.